The molecule has 1 saturated carbocycles. The van der Waals surface area contributed by atoms with Crippen LogP contribution in [0.15, 0.2) is 30.4 Å². The van der Waals surface area contributed by atoms with Gasteiger partial charge in [-0.3, -0.25) is 4.79 Å². The molecule has 0 aromatic heterocycles. The molecule has 1 heterocycles. The van der Waals surface area contributed by atoms with Crippen LogP contribution in [0.1, 0.15) is 43.2 Å². The predicted octanol–water partition coefficient (Wildman–Crippen LogP) is 2.98. The summed E-state index contributed by atoms with van der Waals surface area (Å²) in [4.78, 5) is 11.3. The molecule has 1 aromatic carbocycles. The number of aliphatic hydroxyl groups is 1. The molecule has 23 heavy (non-hydrogen) atoms. The Morgan fingerprint density at radius 3 is 3.04 bits per heavy atom. The van der Waals surface area contributed by atoms with Gasteiger partial charge in [0.15, 0.2) is 0 Å². The smallest absolute Gasteiger partial charge is 0.305 e. The third kappa shape index (κ3) is 3.00. The maximum Gasteiger partial charge on any atom is 0.305 e. The minimum Gasteiger partial charge on any atom is -0.489 e. The number of carbonyl (C=O) groups excluding carboxylic acids is 1. The summed E-state index contributed by atoms with van der Waals surface area (Å²) in [7, 11) is 1.42. The Morgan fingerprint density at radius 2 is 2.30 bits per heavy atom. The monoisotopic (exact) mass is 316 g/mol. The number of hydrogen-bond acceptors (Lipinski definition) is 4. The number of para-hydroxylation sites is 1. The van der Waals surface area contributed by atoms with Crippen molar-refractivity contribution in [2.75, 3.05) is 7.11 Å². The summed E-state index contributed by atoms with van der Waals surface area (Å²) in [6, 6.07) is 6.23. The van der Waals surface area contributed by atoms with Crippen LogP contribution in [-0.4, -0.2) is 30.4 Å². The molecule has 1 aromatic rings. The van der Waals surface area contributed by atoms with Gasteiger partial charge in [0.1, 0.15) is 11.9 Å². The predicted molar refractivity (Wildman–Crippen MR) is 87.5 cm³/mol. The highest BCUT2D eigenvalue weighted by molar-refractivity contribution is 5.69. The van der Waals surface area contributed by atoms with Gasteiger partial charge in [0.2, 0.25) is 0 Å². The lowest BCUT2D eigenvalue weighted by Gasteiger charge is -2.17. The summed E-state index contributed by atoms with van der Waals surface area (Å²) >= 11 is 0. The normalized spacial score (nSPS) is 28.5. The van der Waals surface area contributed by atoms with E-state index >= 15 is 0 Å². The van der Waals surface area contributed by atoms with Crippen molar-refractivity contribution in [2.24, 2.45) is 5.92 Å². The van der Waals surface area contributed by atoms with Crippen molar-refractivity contribution in [1.82, 2.24) is 0 Å². The molecule has 0 radical (unpaired) electrons. The quantitative estimate of drug-likeness (QED) is 0.670. The minimum atomic E-state index is -0.336. The fourth-order valence-electron chi connectivity index (χ4n) is 3.91. The Bertz CT molecular complexity index is 607. The van der Waals surface area contributed by atoms with Gasteiger partial charge in [0, 0.05) is 30.2 Å². The van der Waals surface area contributed by atoms with E-state index in [4.69, 9.17) is 4.74 Å². The van der Waals surface area contributed by atoms with Gasteiger partial charge in [0.25, 0.3) is 0 Å². The van der Waals surface area contributed by atoms with Gasteiger partial charge < -0.3 is 14.6 Å². The van der Waals surface area contributed by atoms with Crippen molar-refractivity contribution in [3.05, 3.63) is 41.5 Å². The van der Waals surface area contributed by atoms with E-state index in [1.54, 1.807) is 0 Å². The second kappa shape index (κ2) is 6.75. The van der Waals surface area contributed by atoms with Gasteiger partial charge in [-0.05, 0) is 25.3 Å². The first kappa shape index (κ1) is 16.1. The molecule has 4 atom stereocenters. The maximum atomic E-state index is 11.3. The molecular formula is C19H24O4. The number of fused-ring (bicyclic) bond motifs is 3. The zero-order valence-corrected chi connectivity index (χ0v) is 13.7. The van der Waals surface area contributed by atoms with E-state index in [1.807, 2.05) is 13.0 Å². The van der Waals surface area contributed by atoms with Crippen molar-refractivity contribution in [2.45, 2.75) is 50.7 Å². The number of benzene rings is 1. The molecule has 1 N–H and O–H groups in total. The van der Waals surface area contributed by atoms with E-state index in [2.05, 4.69) is 29.0 Å². The number of carbonyl (C=O) groups is 1. The lowest BCUT2D eigenvalue weighted by Crippen LogP contribution is -2.16. The van der Waals surface area contributed by atoms with Gasteiger partial charge in [-0.2, -0.15) is 0 Å². The van der Waals surface area contributed by atoms with E-state index in [1.165, 1.54) is 12.7 Å². The highest BCUT2D eigenvalue weighted by Crippen LogP contribution is 2.51. The summed E-state index contributed by atoms with van der Waals surface area (Å²) in [5.41, 5.74) is 2.35. The van der Waals surface area contributed by atoms with Gasteiger partial charge in [-0.15, -0.1) is 0 Å². The van der Waals surface area contributed by atoms with E-state index in [9.17, 15) is 9.90 Å². The SMILES string of the molecule is C/C=C/C1C(O)CC2Oc3c(CCCC(=O)OC)cccc3[C@H]21. The average Bonchev–Trinajstić information content (AvgIpc) is 3.04. The second-order valence-corrected chi connectivity index (χ2v) is 6.35. The lowest BCUT2D eigenvalue weighted by atomic mass is 9.86. The van der Waals surface area contributed by atoms with Crippen LogP contribution in [0, 0.1) is 5.92 Å². The molecule has 1 aliphatic heterocycles. The topological polar surface area (TPSA) is 55.8 Å². The van der Waals surface area contributed by atoms with Crippen LogP contribution < -0.4 is 4.74 Å². The van der Waals surface area contributed by atoms with Crippen molar-refractivity contribution >= 4 is 5.97 Å². The van der Waals surface area contributed by atoms with Gasteiger partial charge in [-0.25, -0.2) is 0 Å². The molecule has 0 bridgehead atoms. The largest absolute Gasteiger partial charge is 0.489 e. The maximum absolute atomic E-state index is 11.3. The van der Waals surface area contributed by atoms with Crippen LogP contribution in [0.3, 0.4) is 0 Å². The van der Waals surface area contributed by atoms with Gasteiger partial charge >= 0.3 is 5.97 Å². The molecule has 3 unspecified atom stereocenters. The molecule has 0 spiro atoms. The van der Waals surface area contributed by atoms with Crippen LogP contribution in [0.2, 0.25) is 0 Å². The molecule has 4 nitrogen and oxygen atoms in total. The van der Waals surface area contributed by atoms with Gasteiger partial charge in [-0.1, -0.05) is 30.4 Å². The summed E-state index contributed by atoms with van der Waals surface area (Å²) in [5, 5.41) is 10.3. The molecule has 124 valence electrons. The van der Waals surface area contributed by atoms with Crippen LogP contribution in [0.25, 0.3) is 0 Å². The fraction of sp³-hybridized carbons (Fsp3) is 0.526. The van der Waals surface area contributed by atoms with Crippen LogP contribution in [-0.2, 0) is 16.0 Å². The van der Waals surface area contributed by atoms with E-state index in [-0.39, 0.29) is 30.0 Å². The van der Waals surface area contributed by atoms with Crippen LogP contribution in [0.4, 0.5) is 0 Å². The van der Waals surface area contributed by atoms with Crippen molar-refractivity contribution in [3.8, 4) is 5.75 Å². The number of rotatable bonds is 5. The number of aliphatic hydroxyl groups excluding tert-OH is 1. The first-order valence-electron chi connectivity index (χ1n) is 8.31. The Morgan fingerprint density at radius 1 is 1.48 bits per heavy atom. The third-order valence-corrected chi connectivity index (χ3v) is 4.96. The molecule has 0 saturated heterocycles. The van der Waals surface area contributed by atoms with Crippen LogP contribution in [0.5, 0.6) is 5.75 Å². The van der Waals surface area contributed by atoms with E-state index in [0.29, 0.717) is 12.8 Å². The second-order valence-electron chi connectivity index (χ2n) is 6.35. The van der Waals surface area contributed by atoms with Gasteiger partial charge in [0.05, 0.1) is 13.2 Å². The first-order chi connectivity index (χ1) is 11.2. The zero-order chi connectivity index (χ0) is 16.4. The fourth-order valence-corrected chi connectivity index (χ4v) is 3.91. The number of allylic oxidation sites excluding steroid dienone is 1. The Hall–Kier alpha value is -1.81. The molecule has 4 heteroatoms. The Balaban J connectivity index is 1.79. The van der Waals surface area contributed by atoms with Crippen molar-refractivity contribution in [3.63, 3.8) is 0 Å². The highest BCUT2D eigenvalue weighted by atomic mass is 16.5. The number of aryl methyl sites for hydroxylation is 1. The average molecular weight is 316 g/mol. The molecular weight excluding hydrogens is 292 g/mol. The van der Waals surface area contributed by atoms with E-state index < -0.39 is 0 Å². The standard InChI is InChI=1S/C19H24O4/c1-3-6-13-15(20)11-16-18(13)14-9-4-7-12(19(14)23-16)8-5-10-17(21)22-2/h3-4,6-7,9,13,15-16,18,20H,5,8,10-11H2,1-2H3/b6-3+/t13?,15?,16?,18-/m1/s1. The number of hydrogen-bond donors (Lipinski definition) is 1. The van der Waals surface area contributed by atoms with Crippen LogP contribution >= 0.6 is 0 Å². The van der Waals surface area contributed by atoms with E-state index in [0.717, 1.165) is 24.2 Å². The first-order valence-corrected chi connectivity index (χ1v) is 8.31. The molecule has 2 aliphatic rings. The molecule has 0 amide bonds. The third-order valence-electron chi connectivity index (χ3n) is 4.96. The Labute approximate surface area is 137 Å². The summed E-state index contributed by atoms with van der Waals surface area (Å²) in [6.07, 6.45) is 6.48. The summed E-state index contributed by atoms with van der Waals surface area (Å²) in [6.45, 7) is 1.99. The number of ether oxygens (including phenoxy) is 2. The lowest BCUT2D eigenvalue weighted by molar-refractivity contribution is -0.140. The highest BCUT2D eigenvalue weighted by Gasteiger charge is 2.48. The molecule has 1 aliphatic carbocycles. The minimum absolute atomic E-state index is 0.0583. The molecule has 3 rings (SSSR count). The number of methoxy groups -OCH3 is 1. The summed E-state index contributed by atoms with van der Waals surface area (Å²) < 4.78 is 10.9. The van der Waals surface area contributed by atoms with Crippen molar-refractivity contribution in [1.29, 1.82) is 0 Å². The zero-order valence-electron chi connectivity index (χ0n) is 13.7. The van der Waals surface area contributed by atoms with Crippen molar-refractivity contribution < 1.29 is 19.4 Å². The molecule has 1 fully saturated rings. The Kier molecular flexibility index (Phi) is 4.71. The number of esters is 1. The summed E-state index contributed by atoms with van der Waals surface area (Å²) in [5.74, 6) is 1.15.